The fourth-order valence-electron chi connectivity index (χ4n) is 3.89. The van der Waals surface area contributed by atoms with E-state index in [0.717, 1.165) is 5.56 Å². The molecule has 1 aromatic heterocycles. The van der Waals surface area contributed by atoms with Gasteiger partial charge in [0, 0.05) is 18.8 Å². The molecule has 0 radical (unpaired) electrons. The van der Waals surface area contributed by atoms with E-state index in [1.165, 1.54) is 12.0 Å². The molecule has 1 saturated heterocycles. The Labute approximate surface area is 165 Å². The van der Waals surface area contributed by atoms with E-state index < -0.39 is 6.04 Å². The number of likely N-dealkylation sites (tertiary alicyclic amines) is 1. The van der Waals surface area contributed by atoms with Crippen LogP contribution in [0.15, 0.2) is 30.5 Å². The van der Waals surface area contributed by atoms with E-state index in [0.29, 0.717) is 25.1 Å². The van der Waals surface area contributed by atoms with E-state index in [-0.39, 0.29) is 42.0 Å². The zero-order valence-corrected chi connectivity index (χ0v) is 16.6. The molecular formula is C21H27N3O4. The monoisotopic (exact) mass is 385 g/mol. The van der Waals surface area contributed by atoms with Gasteiger partial charge in [-0.1, -0.05) is 26.0 Å². The van der Waals surface area contributed by atoms with Crippen molar-refractivity contribution in [3.63, 3.8) is 0 Å². The Kier molecular flexibility index (Phi) is 6.11. The van der Waals surface area contributed by atoms with Gasteiger partial charge in [0.2, 0.25) is 23.6 Å². The number of ether oxygens (including phenoxy) is 1. The highest BCUT2D eigenvalue weighted by atomic mass is 16.5. The summed E-state index contributed by atoms with van der Waals surface area (Å²) in [5.41, 5.74) is 0.834. The van der Waals surface area contributed by atoms with Gasteiger partial charge in [-0.25, -0.2) is 4.98 Å². The molecule has 150 valence electrons. The molecule has 1 aliphatic heterocycles. The zero-order valence-electron chi connectivity index (χ0n) is 16.6. The third-order valence-electron chi connectivity index (χ3n) is 5.33. The van der Waals surface area contributed by atoms with Crippen LogP contribution in [0.1, 0.15) is 38.7 Å². The van der Waals surface area contributed by atoms with Gasteiger partial charge >= 0.3 is 0 Å². The molecule has 0 saturated carbocycles. The Morgan fingerprint density at radius 2 is 1.89 bits per heavy atom. The maximum atomic E-state index is 13.0. The molecule has 28 heavy (non-hydrogen) atoms. The zero-order chi connectivity index (χ0) is 20.3. The molecule has 7 heteroatoms. The Bertz CT molecular complexity index is 764. The molecular weight excluding hydrogens is 358 g/mol. The maximum Gasteiger partial charge on any atom is 0.243 e. The van der Waals surface area contributed by atoms with Crippen molar-refractivity contribution in [2.24, 2.45) is 17.8 Å². The van der Waals surface area contributed by atoms with Crippen molar-refractivity contribution >= 4 is 17.7 Å². The average molecular weight is 385 g/mol. The Morgan fingerprint density at radius 3 is 2.46 bits per heavy atom. The lowest BCUT2D eigenvalue weighted by molar-refractivity contribution is -0.148. The van der Waals surface area contributed by atoms with Crippen LogP contribution in [0.2, 0.25) is 0 Å². The second-order valence-electron chi connectivity index (χ2n) is 7.77. The first-order valence-corrected chi connectivity index (χ1v) is 9.71. The van der Waals surface area contributed by atoms with Gasteiger partial charge in [0.15, 0.2) is 0 Å². The van der Waals surface area contributed by atoms with E-state index in [2.05, 4.69) is 10.3 Å². The predicted molar refractivity (Wildman–Crippen MR) is 103 cm³/mol. The second-order valence-corrected chi connectivity index (χ2v) is 7.77. The molecule has 1 fully saturated rings. The minimum Gasteiger partial charge on any atom is -0.481 e. The summed E-state index contributed by atoms with van der Waals surface area (Å²) in [5.74, 6) is -0.770. The normalized spacial score (nSPS) is 22.4. The first-order valence-electron chi connectivity index (χ1n) is 9.71. The molecule has 3 atom stereocenters. The molecule has 0 spiro atoms. The standard InChI is InChI=1S/C21H27N3O4/c1-13(2)10-17(19(25)23-12-14-8-9-22-18(11-14)28-3)24-20(26)15-6-4-5-7-16(15)21(24)27/h4-5,8-9,11,13,15-17H,6-7,10,12H2,1-3H3,(H,23,25). The predicted octanol–water partition coefficient (Wildman–Crippen LogP) is 2.07. The topological polar surface area (TPSA) is 88.6 Å². The van der Waals surface area contributed by atoms with Crippen LogP contribution in [-0.2, 0) is 20.9 Å². The van der Waals surface area contributed by atoms with Crippen molar-refractivity contribution in [2.45, 2.75) is 45.7 Å². The highest BCUT2D eigenvalue weighted by Crippen LogP contribution is 2.37. The van der Waals surface area contributed by atoms with Crippen LogP contribution in [0, 0.1) is 17.8 Å². The number of carbonyl (C=O) groups excluding carboxylic acids is 3. The van der Waals surface area contributed by atoms with E-state index in [1.807, 2.05) is 26.0 Å². The van der Waals surface area contributed by atoms with Gasteiger partial charge in [-0.3, -0.25) is 19.3 Å². The molecule has 1 N–H and O–H groups in total. The number of allylic oxidation sites excluding steroid dienone is 2. The fraction of sp³-hybridized carbons (Fsp3) is 0.524. The van der Waals surface area contributed by atoms with Gasteiger partial charge in [0.25, 0.3) is 0 Å². The van der Waals surface area contributed by atoms with Gasteiger partial charge < -0.3 is 10.1 Å². The van der Waals surface area contributed by atoms with Gasteiger partial charge in [0.1, 0.15) is 6.04 Å². The number of pyridine rings is 1. The Balaban J connectivity index is 1.75. The van der Waals surface area contributed by atoms with Crippen molar-refractivity contribution in [3.05, 3.63) is 36.0 Å². The van der Waals surface area contributed by atoms with Crippen LogP contribution in [0.5, 0.6) is 5.88 Å². The van der Waals surface area contributed by atoms with Gasteiger partial charge in [-0.15, -0.1) is 0 Å². The number of fused-ring (bicyclic) bond motifs is 1. The van der Waals surface area contributed by atoms with Crippen molar-refractivity contribution in [1.29, 1.82) is 0 Å². The van der Waals surface area contributed by atoms with Crippen molar-refractivity contribution < 1.29 is 19.1 Å². The first kappa shape index (κ1) is 20.0. The molecule has 0 bridgehead atoms. The lowest BCUT2D eigenvalue weighted by atomic mass is 9.85. The molecule has 1 aromatic rings. The lowest BCUT2D eigenvalue weighted by Gasteiger charge is -2.27. The van der Waals surface area contributed by atoms with Crippen molar-refractivity contribution in [2.75, 3.05) is 7.11 Å². The number of aromatic nitrogens is 1. The molecule has 3 rings (SSSR count). The lowest BCUT2D eigenvalue weighted by Crippen LogP contribution is -2.50. The molecule has 2 heterocycles. The summed E-state index contributed by atoms with van der Waals surface area (Å²) in [4.78, 5) is 44.0. The maximum absolute atomic E-state index is 13.0. The van der Waals surface area contributed by atoms with Gasteiger partial charge in [-0.2, -0.15) is 0 Å². The van der Waals surface area contributed by atoms with Crippen LogP contribution in [0.4, 0.5) is 0 Å². The largest absolute Gasteiger partial charge is 0.481 e. The van der Waals surface area contributed by atoms with E-state index >= 15 is 0 Å². The summed E-state index contributed by atoms with van der Waals surface area (Å²) in [5, 5.41) is 2.87. The Hall–Kier alpha value is -2.70. The van der Waals surface area contributed by atoms with Crippen LogP contribution in [0.25, 0.3) is 0 Å². The highest BCUT2D eigenvalue weighted by Gasteiger charge is 2.51. The quantitative estimate of drug-likeness (QED) is 0.573. The van der Waals surface area contributed by atoms with Gasteiger partial charge in [0.05, 0.1) is 18.9 Å². The highest BCUT2D eigenvalue weighted by molar-refractivity contribution is 6.08. The number of amides is 3. The molecule has 3 amide bonds. The minimum absolute atomic E-state index is 0.165. The average Bonchev–Trinajstić information content (AvgIpc) is 2.95. The summed E-state index contributed by atoms with van der Waals surface area (Å²) in [7, 11) is 1.53. The number of rotatable bonds is 7. The van der Waals surface area contributed by atoms with Crippen molar-refractivity contribution in [3.8, 4) is 5.88 Å². The van der Waals surface area contributed by atoms with Crippen LogP contribution in [0.3, 0.4) is 0 Å². The fourth-order valence-corrected chi connectivity index (χ4v) is 3.89. The molecule has 0 aromatic carbocycles. The number of carbonyl (C=O) groups is 3. The van der Waals surface area contributed by atoms with Gasteiger partial charge in [-0.05, 0) is 36.8 Å². The van der Waals surface area contributed by atoms with E-state index in [1.54, 1.807) is 18.3 Å². The number of methoxy groups -OCH3 is 1. The smallest absolute Gasteiger partial charge is 0.243 e. The summed E-state index contributed by atoms with van der Waals surface area (Å²) in [6.45, 7) is 4.23. The summed E-state index contributed by atoms with van der Waals surface area (Å²) in [6.07, 6.45) is 7.08. The summed E-state index contributed by atoms with van der Waals surface area (Å²) >= 11 is 0. The second kappa shape index (κ2) is 8.54. The third kappa shape index (κ3) is 4.08. The minimum atomic E-state index is -0.783. The van der Waals surface area contributed by atoms with E-state index in [4.69, 9.17) is 4.74 Å². The SMILES string of the molecule is COc1cc(CNC(=O)C(CC(C)C)N2C(=O)C3CC=CCC3C2=O)ccn1. The van der Waals surface area contributed by atoms with Crippen LogP contribution < -0.4 is 10.1 Å². The first-order chi connectivity index (χ1) is 13.4. The van der Waals surface area contributed by atoms with E-state index in [9.17, 15) is 14.4 Å². The number of imide groups is 1. The number of hydrogen-bond donors (Lipinski definition) is 1. The molecule has 1 aliphatic carbocycles. The summed E-state index contributed by atoms with van der Waals surface area (Å²) in [6, 6.07) is 2.74. The van der Waals surface area contributed by atoms with Crippen LogP contribution >= 0.6 is 0 Å². The molecule has 3 unspecified atom stereocenters. The number of hydrogen-bond acceptors (Lipinski definition) is 5. The summed E-state index contributed by atoms with van der Waals surface area (Å²) < 4.78 is 5.10. The number of nitrogens with one attached hydrogen (secondary N) is 1. The Morgan fingerprint density at radius 1 is 1.25 bits per heavy atom. The molecule has 2 aliphatic rings. The third-order valence-corrected chi connectivity index (χ3v) is 5.33. The number of nitrogens with zero attached hydrogens (tertiary/aromatic N) is 2. The van der Waals surface area contributed by atoms with Crippen LogP contribution in [-0.4, -0.2) is 40.8 Å². The molecule has 7 nitrogen and oxygen atoms in total. The van der Waals surface area contributed by atoms with Crippen molar-refractivity contribution in [1.82, 2.24) is 15.2 Å².